The smallest absolute Gasteiger partial charge is 0.223 e. The first kappa shape index (κ1) is 13.5. The number of hydrogen-bond donors (Lipinski definition) is 1. The Morgan fingerprint density at radius 1 is 1.05 bits per heavy atom. The summed E-state index contributed by atoms with van der Waals surface area (Å²) in [6.45, 7) is 8.89. The SMILES string of the molecule is Cc1cccc(CNc2nc(C)cc(C(C)C)n2)n1. The van der Waals surface area contributed by atoms with Crippen LogP contribution in [-0.2, 0) is 6.54 Å². The highest BCUT2D eigenvalue weighted by atomic mass is 15.1. The summed E-state index contributed by atoms with van der Waals surface area (Å²) in [4.78, 5) is 13.4. The Balaban J connectivity index is 2.11. The molecule has 0 saturated carbocycles. The van der Waals surface area contributed by atoms with Crippen molar-refractivity contribution in [1.82, 2.24) is 15.0 Å². The van der Waals surface area contributed by atoms with Crippen molar-refractivity contribution in [2.24, 2.45) is 0 Å². The number of aromatic nitrogens is 3. The molecule has 0 bridgehead atoms. The molecule has 0 aliphatic heterocycles. The van der Waals surface area contributed by atoms with Crippen LogP contribution in [0.4, 0.5) is 5.95 Å². The van der Waals surface area contributed by atoms with Gasteiger partial charge in [0.1, 0.15) is 0 Å². The molecule has 2 aromatic heterocycles. The molecule has 2 aromatic rings. The minimum Gasteiger partial charge on any atom is -0.349 e. The fraction of sp³-hybridized carbons (Fsp3) is 0.400. The van der Waals surface area contributed by atoms with Crippen molar-refractivity contribution in [3.05, 3.63) is 47.0 Å². The third-order valence-electron chi connectivity index (χ3n) is 2.84. The zero-order valence-corrected chi connectivity index (χ0v) is 11.9. The summed E-state index contributed by atoms with van der Waals surface area (Å²) in [6, 6.07) is 8.03. The predicted molar refractivity (Wildman–Crippen MR) is 77.2 cm³/mol. The maximum atomic E-state index is 4.52. The number of rotatable bonds is 4. The molecule has 0 unspecified atom stereocenters. The van der Waals surface area contributed by atoms with E-state index in [0.717, 1.165) is 22.8 Å². The Morgan fingerprint density at radius 2 is 1.84 bits per heavy atom. The molecule has 4 heteroatoms. The Labute approximate surface area is 114 Å². The van der Waals surface area contributed by atoms with Crippen molar-refractivity contribution in [2.45, 2.75) is 40.2 Å². The van der Waals surface area contributed by atoms with Crippen LogP contribution in [0.1, 0.15) is 42.5 Å². The number of pyridine rings is 1. The maximum absolute atomic E-state index is 4.52. The van der Waals surface area contributed by atoms with Gasteiger partial charge in [0.2, 0.25) is 5.95 Å². The van der Waals surface area contributed by atoms with E-state index in [2.05, 4.69) is 34.1 Å². The number of hydrogen-bond acceptors (Lipinski definition) is 4. The summed E-state index contributed by atoms with van der Waals surface area (Å²) in [7, 11) is 0. The number of nitrogens with zero attached hydrogens (tertiary/aromatic N) is 3. The molecule has 0 radical (unpaired) electrons. The molecule has 19 heavy (non-hydrogen) atoms. The van der Waals surface area contributed by atoms with Crippen molar-refractivity contribution in [2.75, 3.05) is 5.32 Å². The largest absolute Gasteiger partial charge is 0.349 e. The maximum Gasteiger partial charge on any atom is 0.223 e. The summed E-state index contributed by atoms with van der Waals surface area (Å²) in [5, 5.41) is 3.24. The highest BCUT2D eigenvalue weighted by Gasteiger charge is 2.05. The molecule has 0 aliphatic carbocycles. The van der Waals surface area contributed by atoms with Crippen LogP contribution in [0.15, 0.2) is 24.3 Å². The molecule has 0 spiro atoms. The average Bonchev–Trinajstić information content (AvgIpc) is 2.36. The molecule has 100 valence electrons. The second kappa shape index (κ2) is 5.78. The van der Waals surface area contributed by atoms with Crippen LogP contribution in [0, 0.1) is 13.8 Å². The van der Waals surface area contributed by atoms with Crippen molar-refractivity contribution in [3.8, 4) is 0 Å². The van der Waals surface area contributed by atoms with Crippen LogP contribution in [0.3, 0.4) is 0 Å². The van der Waals surface area contributed by atoms with E-state index in [4.69, 9.17) is 0 Å². The molecule has 2 heterocycles. The first-order valence-corrected chi connectivity index (χ1v) is 6.56. The summed E-state index contributed by atoms with van der Waals surface area (Å²) in [6.07, 6.45) is 0. The van der Waals surface area contributed by atoms with Crippen LogP contribution >= 0.6 is 0 Å². The van der Waals surface area contributed by atoms with Crippen LogP contribution in [0.2, 0.25) is 0 Å². The minimum absolute atomic E-state index is 0.402. The van der Waals surface area contributed by atoms with Crippen molar-refractivity contribution in [3.63, 3.8) is 0 Å². The van der Waals surface area contributed by atoms with E-state index in [0.29, 0.717) is 18.4 Å². The van der Waals surface area contributed by atoms with Crippen LogP contribution < -0.4 is 5.32 Å². The zero-order valence-electron chi connectivity index (χ0n) is 11.9. The standard InChI is InChI=1S/C15H20N4/c1-10(2)14-8-12(4)18-15(19-14)16-9-13-7-5-6-11(3)17-13/h5-8,10H,9H2,1-4H3,(H,16,18,19). The van der Waals surface area contributed by atoms with E-state index < -0.39 is 0 Å². The first-order valence-electron chi connectivity index (χ1n) is 6.56. The monoisotopic (exact) mass is 256 g/mol. The molecular formula is C15H20N4. The third-order valence-corrected chi connectivity index (χ3v) is 2.84. The molecule has 4 nitrogen and oxygen atoms in total. The van der Waals surface area contributed by atoms with Gasteiger partial charge in [-0.05, 0) is 38.0 Å². The summed E-state index contributed by atoms with van der Waals surface area (Å²) < 4.78 is 0. The van der Waals surface area contributed by atoms with Gasteiger partial charge < -0.3 is 5.32 Å². The lowest BCUT2D eigenvalue weighted by Crippen LogP contribution is -2.08. The third kappa shape index (κ3) is 3.74. The van der Waals surface area contributed by atoms with E-state index in [-0.39, 0.29) is 0 Å². The molecule has 0 atom stereocenters. The lowest BCUT2D eigenvalue weighted by molar-refractivity contribution is 0.807. The Hall–Kier alpha value is -1.97. The minimum atomic E-state index is 0.402. The highest BCUT2D eigenvalue weighted by Crippen LogP contribution is 2.14. The van der Waals surface area contributed by atoms with Gasteiger partial charge in [-0.15, -0.1) is 0 Å². The van der Waals surface area contributed by atoms with Crippen molar-refractivity contribution >= 4 is 5.95 Å². The fourth-order valence-corrected chi connectivity index (χ4v) is 1.84. The van der Waals surface area contributed by atoms with E-state index in [9.17, 15) is 0 Å². The molecule has 0 fully saturated rings. The van der Waals surface area contributed by atoms with Gasteiger partial charge in [-0.25, -0.2) is 9.97 Å². The summed E-state index contributed by atoms with van der Waals surface area (Å²) in [5.41, 5.74) is 4.06. The van der Waals surface area contributed by atoms with Crippen LogP contribution in [0.25, 0.3) is 0 Å². The second-order valence-electron chi connectivity index (χ2n) is 5.04. The normalized spacial score (nSPS) is 10.8. The lowest BCUT2D eigenvalue weighted by Gasteiger charge is -2.10. The topological polar surface area (TPSA) is 50.7 Å². The first-order chi connectivity index (χ1) is 9.04. The van der Waals surface area contributed by atoms with Gasteiger partial charge in [-0.2, -0.15) is 0 Å². The van der Waals surface area contributed by atoms with E-state index >= 15 is 0 Å². The molecule has 0 aromatic carbocycles. The van der Waals surface area contributed by atoms with Crippen molar-refractivity contribution in [1.29, 1.82) is 0 Å². The molecule has 2 rings (SSSR count). The zero-order chi connectivity index (χ0) is 13.8. The quantitative estimate of drug-likeness (QED) is 0.912. The van der Waals surface area contributed by atoms with Gasteiger partial charge in [0.25, 0.3) is 0 Å². The Kier molecular flexibility index (Phi) is 4.10. The van der Waals surface area contributed by atoms with Gasteiger partial charge >= 0.3 is 0 Å². The van der Waals surface area contributed by atoms with Gasteiger partial charge in [0.05, 0.1) is 12.2 Å². The van der Waals surface area contributed by atoms with Crippen LogP contribution in [0.5, 0.6) is 0 Å². The molecule has 1 N–H and O–H groups in total. The van der Waals surface area contributed by atoms with Gasteiger partial charge in [0, 0.05) is 17.1 Å². The van der Waals surface area contributed by atoms with E-state index in [1.54, 1.807) is 0 Å². The molecule has 0 amide bonds. The average molecular weight is 256 g/mol. The molecule has 0 aliphatic rings. The second-order valence-corrected chi connectivity index (χ2v) is 5.04. The number of anilines is 1. The number of nitrogens with one attached hydrogen (secondary N) is 1. The summed E-state index contributed by atoms with van der Waals surface area (Å²) in [5.74, 6) is 1.08. The van der Waals surface area contributed by atoms with Gasteiger partial charge in [0.15, 0.2) is 0 Å². The Morgan fingerprint density at radius 3 is 2.53 bits per heavy atom. The van der Waals surface area contributed by atoms with E-state index in [1.165, 1.54) is 0 Å². The van der Waals surface area contributed by atoms with Gasteiger partial charge in [-0.1, -0.05) is 19.9 Å². The van der Waals surface area contributed by atoms with Crippen molar-refractivity contribution < 1.29 is 0 Å². The van der Waals surface area contributed by atoms with Gasteiger partial charge in [-0.3, -0.25) is 4.98 Å². The predicted octanol–water partition coefficient (Wildman–Crippen LogP) is 3.22. The summed E-state index contributed by atoms with van der Waals surface area (Å²) >= 11 is 0. The fourth-order valence-electron chi connectivity index (χ4n) is 1.84. The highest BCUT2D eigenvalue weighted by molar-refractivity contribution is 5.30. The lowest BCUT2D eigenvalue weighted by atomic mass is 10.1. The van der Waals surface area contributed by atoms with E-state index in [1.807, 2.05) is 38.1 Å². The van der Waals surface area contributed by atoms with Crippen LogP contribution in [-0.4, -0.2) is 15.0 Å². The number of aryl methyl sites for hydroxylation is 2. The Bertz CT molecular complexity index is 564. The molecule has 0 saturated heterocycles. The molecular weight excluding hydrogens is 236 g/mol.